The van der Waals surface area contributed by atoms with Crippen LogP contribution in [0.4, 0.5) is 5.95 Å². The maximum Gasteiger partial charge on any atom is 0.386 e. The van der Waals surface area contributed by atoms with Crippen LogP contribution in [-0.2, 0) is 95.1 Å². The second-order valence-electron chi connectivity index (χ2n) is 17.4. The SMILES string of the molecule is COC1[C@@H](OP(O)(=S)OCCCO)[C@@H](COP(=S)(S)O[C@@H]2C[C@H](n3cc(C)c(=O)[nH]c3=O)O[C@@H]2COP(=O)(S)O[C@@H]2C[C@H](n3cnc4c(=O)[nH]c(N)nc43)O[C@@H]2COP(O)(=S)OC(C)C)O[C@H]1n1cc(C)c(=O)[nH]c1=O. The molecular formula is C37H55N9O21P4S5. The predicted octanol–water partition coefficient (Wildman–Crippen LogP) is 1.56. The molecule has 0 bridgehead atoms. The van der Waals surface area contributed by atoms with Crippen LogP contribution in [0.5, 0.6) is 0 Å². The molecule has 0 aromatic carbocycles. The highest BCUT2D eigenvalue weighted by molar-refractivity contribution is 8.60. The Balaban J connectivity index is 1.11. The van der Waals surface area contributed by atoms with E-state index in [0.717, 1.165) is 9.13 Å². The summed E-state index contributed by atoms with van der Waals surface area (Å²) in [7, 11) is 1.27. The van der Waals surface area contributed by atoms with Gasteiger partial charge in [-0.25, -0.2) is 19.1 Å². The number of imidazole rings is 1. The highest BCUT2D eigenvalue weighted by atomic mass is 32.9. The van der Waals surface area contributed by atoms with Gasteiger partial charge >= 0.3 is 31.6 Å². The normalized spacial score (nSPS) is 28.1. The van der Waals surface area contributed by atoms with Crippen molar-refractivity contribution in [2.45, 2.75) is 114 Å². The molecule has 0 spiro atoms. The van der Waals surface area contributed by atoms with Crippen LogP contribution in [0.2, 0.25) is 0 Å². The number of nitrogen functional groups attached to an aromatic ring is 1. The molecule has 7 rings (SSSR count). The number of H-pyrrole nitrogens is 3. The number of methoxy groups -OCH3 is 1. The Morgan fingerprint density at radius 1 is 0.776 bits per heavy atom. The molecule has 3 saturated heterocycles. The van der Waals surface area contributed by atoms with E-state index in [2.05, 4.69) is 49.4 Å². The van der Waals surface area contributed by atoms with E-state index in [1.54, 1.807) is 13.8 Å². The van der Waals surface area contributed by atoms with Crippen LogP contribution in [0.25, 0.3) is 11.2 Å². The Hall–Kier alpha value is -2.21. The van der Waals surface area contributed by atoms with Gasteiger partial charge in [-0.15, -0.1) is 0 Å². The van der Waals surface area contributed by atoms with Crippen molar-refractivity contribution in [3.63, 3.8) is 0 Å². The molecule has 14 atom stereocenters. The summed E-state index contributed by atoms with van der Waals surface area (Å²) in [5.74, 6) is -0.206. The number of hydrogen-bond acceptors (Lipinski definition) is 25. The van der Waals surface area contributed by atoms with Crippen molar-refractivity contribution in [1.29, 1.82) is 0 Å². The van der Waals surface area contributed by atoms with Gasteiger partial charge in [0.2, 0.25) is 11.6 Å². The molecule has 3 fully saturated rings. The Bertz CT molecular complexity index is 3250. The predicted molar refractivity (Wildman–Crippen MR) is 286 cm³/mol. The van der Waals surface area contributed by atoms with Crippen LogP contribution >= 0.6 is 50.4 Å². The van der Waals surface area contributed by atoms with Gasteiger partial charge in [0.1, 0.15) is 49.1 Å². The third kappa shape index (κ3) is 15.4. The molecular weight excluding hydrogens is 1190 g/mol. The molecule has 0 radical (unpaired) electrons. The standard InChI is InChI=1S/C37H55N9O21P4S5/c1-17(2)64-69(54,73)58-13-22-20(9-26(62-22)46-16-39-27-30(46)40-35(38)41-33(27)50)65-70(55,74)59-14-23-21(10-25(61-23)44-11-18(3)31(48)42-36(44)51)66-71(75,76)60-15-24-28(67-68(53,72)57-8-6-7-47)29(56-5)34(63-24)45-12-19(4)32(49)43-37(45)52/h11-12,16-17,20-26,28-29,34,47H,6-10,13-15H2,1-5H3,(H,53,72)(H,54,73)(H,55,74)(H,75,76)(H,42,48,51)(H,43,49,52)(H3,38,40,41,50)/t20-,21-,22-,23-,24-,25-,26-,28+,29?,34-,68?,69?,70?/m1/s1. The Labute approximate surface area is 456 Å². The molecule has 4 aromatic rings. The zero-order valence-electron chi connectivity index (χ0n) is 40.7. The van der Waals surface area contributed by atoms with Crippen molar-refractivity contribution in [1.82, 2.24) is 38.6 Å². The van der Waals surface area contributed by atoms with Gasteiger partial charge < -0.3 is 62.2 Å². The fourth-order valence-corrected chi connectivity index (χ4v) is 14.8. The van der Waals surface area contributed by atoms with Gasteiger partial charge in [-0.1, -0.05) is 24.5 Å². The number of aliphatic hydroxyl groups excluding tert-OH is 1. The molecule has 5 unspecified atom stereocenters. The highest BCUT2D eigenvalue weighted by Gasteiger charge is 2.51. The second kappa shape index (κ2) is 25.3. The van der Waals surface area contributed by atoms with E-state index < -0.39 is 141 Å². The summed E-state index contributed by atoms with van der Waals surface area (Å²) in [4.78, 5) is 100. The summed E-state index contributed by atoms with van der Waals surface area (Å²) in [5, 5.41) is 9.26. The average Bonchev–Trinajstić information content (AvgIpc) is 4.11. The molecule has 3 aliphatic rings. The van der Waals surface area contributed by atoms with Gasteiger partial charge in [0.15, 0.2) is 17.4 Å². The first-order chi connectivity index (χ1) is 35.6. The van der Waals surface area contributed by atoms with E-state index >= 15 is 0 Å². The molecule has 76 heavy (non-hydrogen) atoms. The minimum absolute atomic E-state index is 0.0479. The summed E-state index contributed by atoms with van der Waals surface area (Å²) >= 11 is 25.0. The van der Waals surface area contributed by atoms with E-state index in [1.807, 2.05) is 0 Å². The summed E-state index contributed by atoms with van der Waals surface area (Å²) in [6.45, 7) is -8.32. The molecule has 8 N–H and O–H groups in total. The molecule has 30 nitrogen and oxygen atoms in total. The monoisotopic (exact) mass is 1250 g/mol. The molecule has 0 amide bonds. The molecule has 0 saturated carbocycles. The third-order valence-corrected chi connectivity index (χ3v) is 18.6. The number of thiol groups is 2. The number of aromatic amines is 3. The molecule has 424 valence electrons. The van der Waals surface area contributed by atoms with Gasteiger partial charge in [0.05, 0.1) is 45.0 Å². The molecule has 0 aliphatic carbocycles. The van der Waals surface area contributed by atoms with Crippen molar-refractivity contribution in [2.75, 3.05) is 45.9 Å². The quantitative estimate of drug-likeness (QED) is 0.0258. The van der Waals surface area contributed by atoms with Crippen LogP contribution in [0.3, 0.4) is 0 Å². The van der Waals surface area contributed by atoms with Crippen LogP contribution in [0, 0.1) is 13.8 Å². The minimum atomic E-state index is -4.51. The fraction of sp³-hybridized carbons (Fsp3) is 0.649. The summed E-state index contributed by atoms with van der Waals surface area (Å²) in [5.41, 5.74) is -1.35. The third-order valence-electron chi connectivity index (χ3n) is 11.5. The zero-order valence-corrected chi connectivity index (χ0v) is 48.5. The number of nitrogens with one attached hydrogen (secondary N) is 3. The lowest BCUT2D eigenvalue weighted by molar-refractivity contribution is -0.0614. The summed E-state index contributed by atoms with van der Waals surface area (Å²) < 4.78 is 88.6. The van der Waals surface area contributed by atoms with Gasteiger partial charge in [0, 0.05) is 50.1 Å². The minimum Gasteiger partial charge on any atom is -0.396 e. The van der Waals surface area contributed by atoms with Crippen molar-refractivity contribution in [3.05, 3.63) is 81.9 Å². The number of ether oxygens (including phenoxy) is 4. The number of nitrogens with zero attached hydrogens (tertiary/aromatic N) is 5. The van der Waals surface area contributed by atoms with E-state index in [9.17, 15) is 43.4 Å². The largest absolute Gasteiger partial charge is 0.396 e. The van der Waals surface area contributed by atoms with Crippen molar-refractivity contribution in [2.24, 2.45) is 0 Å². The zero-order chi connectivity index (χ0) is 55.7. The first-order valence-corrected chi connectivity index (χ1v) is 34.3. The number of aliphatic hydroxyl groups is 1. The van der Waals surface area contributed by atoms with Crippen LogP contribution in [-0.4, -0.2) is 142 Å². The maximum absolute atomic E-state index is 14.3. The number of fused-ring (bicyclic) bond motifs is 1. The second-order valence-corrected chi connectivity index (χ2v) is 31.1. The number of rotatable bonds is 25. The van der Waals surface area contributed by atoms with Gasteiger partial charge in [0.25, 0.3) is 16.7 Å². The first kappa shape index (κ1) is 61.4. The molecule has 7 heterocycles. The van der Waals surface area contributed by atoms with Crippen LogP contribution in [0.15, 0.2) is 42.7 Å². The van der Waals surface area contributed by atoms with E-state index in [4.69, 9.17) is 96.3 Å². The maximum atomic E-state index is 14.3. The van der Waals surface area contributed by atoms with E-state index in [1.165, 1.54) is 44.2 Å². The lowest BCUT2D eigenvalue weighted by Gasteiger charge is -2.29. The number of aryl methyl sites for hydroxylation is 2. The van der Waals surface area contributed by atoms with Crippen LogP contribution in [0.1, 0.15) is 62.9 Å². The van der Waals surface area contributed by atoms with Crippen LogP contribution < -0.4 is 33.8 Å². The lowest BCUT2D eigenvalue weighted by atomic mass is 10.1. The smallest absolute Gasteiger partial charge is 0.386 e. The Kier molecular flexibility index (Phi) is 20.4. The summed E-state index contributed by atoms with van der Waals surface area (Å²) in [6.07, 6.45) is -9.00. The number of aromatic nitrogens is 8. The van der Waals surface area contributed by atoms with Gasteiger partial charge in [-0.2, -0.15) is 4.98 Å². The first-order valence-electron chi connectivity index (χ1n) is 22.7. The van der Waals surface area contributed by atoms with Crippen molar-refractivity contribution < 1.29 is 74.6 Å². The number of nitrogens with two attached hydrogens (primary N) is 1. The van der Waals surface area contributed by atoms with Crippen molar-refractivity contribution >= 4 is 103 Å². The van der Waals surface area contributed by atoms with Crippen molar-refractivity contribution in [3.8, 4) is 0 Å². The van der Waals surface area contributed by atoms with Gasteiger partial charge in [-0.3, -0.25) is 56.6 Å². The fourth-order valence-electron chi connectivity index (χ4n) is 8.07. The number of anilines is 1. The van der Waals surface area contributed by atoms with E-state index in [0.29, 0.717) is 0 Å². The van der Waals surface area contributed by atoms with E-state index in [-0.39, 0.29) is 60.7 Å². The topological polar surface area (TPSA) is 388 Å². The Morgan fingerprint density at radius 2 is 1.36 bits per heavy atom. The summed E-state index contributed by atoms with van der Waals surface area (Å²) in [6, 6.07) is 0. The molecule has 3 aliphatic heterocycles. The highest BCUT2D eigenvalue weighted by Crippen LogP contribution is 2.60. The Morgan fingerprint density at radius 3 is 1.97 bits per heavy atom. The number of hydrogen-bond donors (Lipinski definition) is 9. The molecule has 4 aromatic heterocycles. The van der Waals surface area contributed by atoms with Gasteiger partial charge in [-0.05, 0) is 69.5 Å². The molecule has 39 heteroatoms. The average molecular weight is 1250 g/mol. The lowest BCUT2D eigenvalue weighted by Crippen LogP contribution is -2.40.